The molecule has 0 saturated carbocycles. The number of thiazole rings is 1. The zero-order valence-electron chi connectivity index (χ0n) is 10.7. The van der Waals surface area contributed by atoms with Gasteiger partial charge in [0.25, 0.3) is 0 Å². The van der Waals surface area contributed by atoms with Crippen LogP contribution in [0.1, 0.15) is 5.01 Å². The average molecular weight is 347 g/mol. The van der Waals surface area contributed by atoms with Gasteiger partial charge in [0, 0.05) is 10.9 Å². The van der Waals surface area contributed by atoms with E-state index in [1.54, 1.807) is 11.3 Å². The summed E-state index contributed by atoms with van der Waals surface area (Å²) in [6.45, 7) is 1.95. The number of anilines is 1. The van der Waals surface area contributed by atoms with Crippen LogP contribution in [0.15, 0.2) is 40.2 Å². The third kappa shape index (κ3) is 2.44. The third-order valence-electron chi connectivity index (χ3n) is 2.77. The van der Waals surface area contributed by atoms with Gasteiger partial charge in [0.2, 0.25) is 0 Å². The molecule has 2 aromatic heterocycles. The minimum atomic E-state index is 0.416. The number of nitrogen functional groups attached to an aromatic ring is 1. The van der Waals surface area contributed by atoms with Crippen LogP contribution in [0.4, 0.5) is 5.82 Å². The Morgan fingerprint density at radius 3 is 2.50 bits per heavy atom. The average Bonchev–Trinajstić information content (AvgIpc) is 2.89. The standard InChI is InChI=1S/C14H11BrN4S/c1-8-17-10(7-20-8)14-18-12(11(15)13(16)19-14)9-5-3-2-4-6-9/h2-7H,1H3,(H2,16,18,19). The van der Waals surface area contributed by atoms with E-state index in [0.29, 0.717) is 16.1 Å². The Morgan fingerprint density at radius 2 is 1.85 bits per heavy atom. The first-order valence-corrected chi connectivity index (χ1v) is 7.63. The van der Waals surface area contributed by atoms with E-state index < -0.39 is 0 Å². The van der Waals surface area contributed by atoms with Crippen molar-refractivity contribution in [3.63, 3.8) is 0 Å². The first kappa shape index (κ1) is 13.2. The summed E-state index contributed by atoms with van der Waals surface area (Å²) in [6.07, 6.45) is 0. The Labute approximate surface area is 128 Å². The molecule has 0 aliphatic carbocycles. The summed E-state index contributed by atoms with van der Waals surface area (Å²) in [6, 6.07) is 9.87. The zero-order valence-corrected chi connectivity index (χ0v) is 13.1. The highest BCUT2D eigenvalue weighted by Crippen LogP contribution is 2.32. The highest BCUT2D eigenvalue weighted by Gasteiger charge is 2.14. The van der Waals surface area contributed by atoms with Crippen LogP contribution in [0.25, 0.3) is 22.8 Å². The normalized spacial score (nSPS) is 10.7. The van der Waals surface area contributed by atoms with Crippen LogP contribution in [0.3, 0.4) is 0 Å². The molecule has 0 saturated heterocycles. The number of hydrogen-bond acceptors (Lipinski definition) is 5. The highest BCUT2D eigenvalue weighted by molar-refractivity contribution is 9.10. The van der Waals surface area contributed by atoms with Crippen molar-refractivity contribution >= 4 is 33.1 Å². The van der Waals surface area contributed by atoms with Crippen molar-refractivity contribution in [2.24, 2.45) is 0 Å². The molecule has 0 fully saturated rings. The molecule has 0 aliphatic rings. The lowest BCUT2D eigenvalue weighted by molar-refractivity contribution is 1.14. The predicted molar refractivity (Wildman–Crippen MR) is 85.4 cm³/mol. The number of aromatic nitrogens is 3. The number of nitrogens with two attached hydrogens (primary N) is 1. The molecule has 4 nitrogen and oxygen atoms in total. The van der Waals surface area contributed by atoms with Crippen LogP contribution in [-0.4, -0.2) is 15.0 Å². The van der Waals surface area contributed by atoms with Crippen LogP contribution in [0, 0.1) is 6.92 Å². The molecular formula is C14H11BrN4S. The molecule has 1 aromatic carbocycles. The zero-order chi connectivity index (χ0) is 14.1. The maximum Gasteiger partial charge on any atom is 0.181 e. The predicted octanol–water partition coefficient (Wildman–Crippen LogP) is 3.92. The lowest BCUT2D eigenvalue weighted by Gasteiger charge is -2.08. The van der Waals surface area contributed by atoms with Gasteiger partial charge in [0.1, 0.15) is 11.5 Å². The summed E-state index contributed by atoms with van der Waals surface area (Å²) in [5.41, 5.74) is 8.50. The fourth-order valence-electron chi connectivity index (χ4n) is 1.83. The molecular weight excluding hydrogens is 336 g/mol. The van der Waals surface area contributed by atoms with Crippen LogP contribution >= 0.6 is 27.3 Å². The second kappa shape index (κ2) is 5.30. The first-order valence-electron chi connectivity index (χ1n) is 5.96. The smallest absolute Gasteiger partial charge is 0.181 e. The third-order valence-corrected chi connectivity index (χ3v) is 4.33. The minimum Gasteiger partial charge on any atom is -0.383 e. The molecule has 0 unspecified atom stereocenters. The molecule has 2 N–H and O–H groups in total. The lowest BCUT2D eigenvalue weighted by atomic mass is 10.1. The van der Waals surface area contributed by atoms with Gasteiger partial charge in [-0.25, -0.2) is 15.0 Å². The lowest BCUT2D eigenvalue weighted by Crippen LogP contribution is -2.00. The van der Waals surface area contributed by atoms with Crippen LogP contribution in [0.5, 0.6) is 0 Å². The molecule has 0 radical (unpaired) electrons. The SMILES string of the molecule is Cc1nc(-c2nc(N)c(Br)c(-c3ccccc3)n2)cs1. The summed E-state index contributed by atoms with van der Waals surface area (Å²) < 4.78 is 0.708. The molecule has 3 rings (SSSR count). The van der Waals surface area contributed by atoms with E-state index in [0.717, 1.165) is 22.0 Å². The minimum absolute atomic E-state index is 0.416. The molecule has 20 heavy (non-hydrogen) atoms. The van der Waals surface area contributed by atoms with Gasteiger partial charge < -0.3 is 5.73 Å². The van der Waals surface area contributed by atoms with Crippen molar-refractivity contribution in [1.29, 1.82) is 0 Å². The summed E-state index contributed by atoms with van der Waals surface area (Å²) in [5.74, 6) is 0.966. The van der Waals surface area contributed by atoms with Crippen LogP contribution in [-0.2, 0) is 0 Å². The molecule has 0 spiro atoms. The van der Waals surface area contributed by atoms with E-state index in [2.05, 4.69) is 30.9 Å². The van der Waals surface area contributed by atoms with Gasteiger partial charge in [0.15, 0.2) is 5.82 Å². The van der Waals surface area contributed by atoms with E-state index in [-0.39, 0.29) is 0 Å². The number of aryl methyl sites for hydroxylation is 1. The number of halogens is 1. The first-order chi connectivity index (χ1) is 9.65. The molecule has 0 atom stereocenters. The Kier molecular flexibility index (Phi) is 3.50. The number of rotatable bonds is 2. The molecule has 0 amide bonds. The maximum atomic E-state index is 5.98. The van der Waals surface area contributed by atoms with Gasteiger partial charge in [-0.1, -0.05) is 30.3 Å². The van der Waals surface area contributed by atoms with Gasteiger partial charge in [-0.3, -0.25) is 0 Å². The van der Waals surface area contributed by atoms with Crippen molar-refractivity contribution < 1.29 is 0 Å². The van der Waals surface area contributed by atoms with Crippen molar-refractivity contribution in [3.05, 3.63) is 45.2 Å². The Balaban J connectivity index is 2.18. The fourth-order valence-corrected chi connectivity index (χ4v) is 2.83. The van der Waals surface area contributed by atoms with Gasteiger partial charge in [-0.15, -0.1) is 11.3 Å². The Hall–Kier alpha value is -1.79. The quantitative estimate of drug-likeness (QED) is 0.763. The second-order valence-corrected chi connectivity index (χ2v) is 6.07. The highest BCUT2D eigenvalue weighted by atomic mass is 79.9. The number of hydrogen-bond donors (Lipinski definition) is 1. The fraction of sp³-hybridized carbons (Fsp3) is 0.0714. The van der Waals surface area contributed by atoms with Crippen molar-refractivity contribution in [2.45, 2.75) is 6.92 Å². The van der Waals surface area contributed by atoms with Gasteiger partial charge in [-0.2, -0.15) is 0 Å². The summed E-state index contributed by atoms with van der Waals surface area (Å²) in [4.78, 5) is 13.3. The van der Waals surface area contributed by atoms with Gasteiger partial charge >= 0.3 is 0 Å². The van der Waals surface area contributed by atoms with E-state index in [1.807, 2.05) is 42.6 Å². The van der Waals surface area contributed by atoms with E-state index in [1.165, 1.54) is 0 Å². The van der Waals surface area contributed by atoms with Gasteiger partial charge in [-0.05, 0) is 22.9 Å². The van der Waals surface area contributed by atoms with E-state index in [4.69, 9.17) is 5.73 Å². The second-order valence-electron chi connectivity index (χ2n) is 4.21. The number of nitrogens with zero attached hydrogens (tertiary/aromatic N) is 3. The van der Waals surface area contributed by atoms with E-state index in [9.17, 15) is 0 Å². The van der Waals surface area contributed by atoms with E-state index >= 15 is 0 Å². The molecule has 0 bridgehead atoms. The van der Waals surface area contributed by atoms with Crippen LogP contribution in [0.2, 0.25) is 0 Å². The van der Waals surface area contributed by atoms with Gasteiger partial charge in [0.05, 0.1) is 15.2 Å². The Morgan fingerprint density at radius 1 is 1.10 bits per heavy atom. The topological polar surface area (TPSA) is 64.7 Å². The maximum absolute atomic E-state index is 5.98. The molecule has 0 aliphatic heterocycles. The molecule has 3 aromatic rings. The van der Waals surface area contributed by atoms with Crippen molar-refractivity contribution in [1.82, 2.24) is 15.0 Å². The summed E-state index contributed by atoms with van der Waals surface area (Å²) in [5, 5.41) is 2.92. The molecule has 100 valence electrons. The molecule has 2 heterocycles. The summed E-state index contributed by atoms with van der Waals surface area (Å²) in [7, 11) is 0. The monoisotopic (exact) mass is 346 g/mol. The number of benzene rings is 1. The van der Waals surface area contributed by atoms with Crippen LogP contribution < -0.4 is 5.73 Å². The van der Waals surface area contributed by atoms with Crippen molar-refractivity contribution in [3.8, 4) is 22.8 Å². The largest absolute Gasteiger partial charge is 0.383 e. The Bertz CT molecular complexity index is 755. The summed E-state index contributed by atoms with van der Waals surface area (Å²) >= 11 is 5.03. The molecule has 6 heteroatoms. The van der Waals surface area contributed by atoms with Crippen molar-refractivity contribution in [2.75, 3.05) is 5.73 Å².